The Labute approximate surface area is 114 Å². The van der Waals surface area contributed by atoms with Gasteiger partial charge in [0.1, 0.15) is 5.75 Å². The fourth-order valence-electron chi connectivity index (χ4n) is 2.42. The number of benzene rings is 1. The minimum Gasteiger partial charge on any atom is -0.497 e. The summed E-state index contributed by atoms with van der Waals surface area (Å²) in [6.45, 7) is 4.88. The van der Waals surface area contributed by atoms with Gasteiger partial charge in [-0.3, -0.25) is 4.79 Å². The molecule has 1 aromatic carbocycles. The maximum atomic E-state index is 12.3. The van der Waals surface area contributed by atoms with Crippen molar-refractivity contribution in [3.63, 3.8) is 0 Å². The van der Waals surface area contributed by atoms with Crippen LogP contribution in [-0.4, -0.2) is 25.1 Å². The molecule has 1 aliphatic heterocycles. The molecule has 1 aliphatic rings. The van der Waals surface area contributed by atoms with E-state index in [1.807, 2.05) is 38.1 Å². The first kappa shape index (κ1) is 13.9. The van der Waals surface area contributed by atoms with Crippen LogP contribution in [0.5, 0.6) is 5.75 Å². The lowest BCUT2D eigenvalue weighted by molar-refractivity contribution is -0.127. The van der Waals surface area contributed by atoms with E-state index in [1.54, 1.807) is 7.11 Å². The normalized spacial score (nSPS) is 23.9. The second-order valence-electron chi connectivity index (χ2n) is 5.33. The fraction of sp³-hybridized carbons (Fsp3) is 0.533. The zero-order chi connectivity index (χ0) is 13.9. The standard InChI is InChI=1S/C15H22N2O2/c1-11(12-5-7-13(19-3)8-6-12)17-14(18)15(2)9-4-10-16-15/h5-8,11,16H,4,9-10H2,1-3H3,(H,17,18)/t11-,15?/m0/s1. The van der Waals surface area contributed by atoms with Crippen molar-refractivity contribution in [3.05, 3.63) is 29.8 Å². The average Bonchev–Trinajstić information content (AvgIpc) is 2.87. The number of hydrogen-bond donors (Lipinski definition) is 2. The molecule has 4 heteroatoms. The third-order valence-electron chi connectivity index (χ3n) is 3.83. The molecule has 0 saturated carbocycles. The smallest absolute Gasteiger partial charge is 0.240 e. The zero-order valence-electron chi connectivity index (χ0n) is 11.8. The Kier molecular flexibility index (Phi) is 4.10. The van der Waals surface area contributed by atoms with Gasteiger partial charge in [-0.2, -0.15) is 0 Å². The first-order valence-corrected chi connectivity index (χ1v) is 6.75. The highest BCUT2D eigenvalue weighted by atomic mass is 16.5. The quantitative estimate of drug-likeness (QED) is 0.872. The van der Waals surface area contributed by atoms with Crippen LogP contribution >= 0.6 is 0 Å². The molecule has 104 valence electrons. The van der Waals surface area contributed by atoms with Crippen LogP contribution in [0, 0.1) is 0 Å². The number of carbonyl (C=O) groups is 1. The molecule has 0 aliphatic carbocycles. The molecule has 1 unspecified atom stereocenters. The van der Waals surface area contributed by atoms with Crippen molar-refractivity contribution in [3.8, 4) is 5.75 Å². The lowest BCUT2D eigenvalue weighted by atomic mass is 9.98. The second-order valence-corrected chi connectivity index (χ2v) is 5.33. The summed E-state index contributed by atoms with van der Waals surface area (Å²) in [4.78, 5) is 12.3. The Hall–Kier alpha value is -1.55. The van der Waals surface area contributed by atoms with Crippen molar-refractivity contribution in [2.75, 3.05) is 13.7 Å². The highest BCUT2D eigenvalue weighted by Gasteiger charge is 2.36. The molecule has 0 spiro atoms. The maximum Gasteiger partial charge on any atom is 0.240 e. The number of ether oxygens (including phenoxy) is 1. The van der Waals surface area contributed by atoms with Crippen molar-refractivity contribution < 1.29 is 9.53 Å². The van der Waals surface area contributed by atoms with Crippen LogP contribution in [0.25, 0.3) is 0 Å². The first-order chi connectivity index (χ1) is 9.05. The average molecular weight is 262 g/mol. The van der Waals surface area contributed by atoms with Crippen LogP contribution in [0.1, 0.15) is 38.3 Å². The van der Waals surface area contributed by atoms with Gasteiger partial charge in [-0.1, -0.05) is 12.1 Å². The van der Waals surface area contributed by atoms with E-state index in [4.69, 9.17) is 4.74 Å². The molecule has 0 aromatic heterocycles. The molecule has 0 bridgehead atoms. The second kappa shape index (κ2) is 5.61. The molecule has 1 fully saturated rings. The Balaban J connectivity index is 1.99. The van der Waals surface area contributed by atoms with E-state index in [0.29, 0.717) is 0 Å². The molecule has 1 saturated heterocycles. The first-order valence-electron chi connectivity index (χ1n) is 6.75. The lowest BCUT2D eigenvalue weighted by Crippen LogP contribution is -2.51. The van der Waals surface area contributed by atoms with Gasteiger partial charge < -0.3 is 15.4 Å². The van der Waals surface area contributed by atoms with Gasteiger partial charge in [0.25, 0.3) is 0 Å². The van der Waals surface area contributed by atoms with E-state index in [0.717, 1.165) is 30.7 Å². The van der Waals surface area contributed by atoms with E-state index in [1.165, 1.54) is 0 Å². The largest absolute Gasteiger partial charge is 0.497 e. The molecule has 1 aromatic rings. The van der Waals surface area contributed by atoms with Crippen LogP contribution in [0.3, 0.4) is 0 Å². The van der Waals surface area contributed by atoms with Crippen molar-refractivity contribution >= 4 is 5.91 Å². The summed E-state index contributed by atoms with van der Waals surface area (Å²) in [5, 5.41) is 6.35. The minimum absolute atomic E-state index is 0.00219. The molecule has 1 heterocycles. The minimum atomic E-state index is -0.416. The molecule has 4 nitrogen and oxygen atoms in total. The summed E-state index contributed by atoms with van der Waals surface area (Å²) in [6.07, 6.45) is 1.95. The predicted molar refractivity (Wildman–Crippen MR) is 75.2 cm³/mol. The van der Waals surface area contributed by atoms with Gasteiger partial charge in [0.15, 0.2) is 0 Å². The van der Waals surface area contributed by atoms with Gasteiger partial charge in [-0.05, 0) is 50.9 Å². The predicted octanol–water partition coefficient (Wildman–Crippen LogP) is 2.01. The van der Waals surface area contributed by atoms with Gasteiger partial charge >= 0.3 is 0 Å². The molecule has 2 rings (SSSR count). The summed E-state index contributed by atoms with van der Waals surface area (Å²) in [6, 6.07) is 7.78. The van der Waals surface area contributed by atoms with E-state index in [-0.39, 0.29) is 11.9 Å². The van der Waals surface area contributed by atoms with Gasteiger partial charge in [0.05, 0.1) is 18.7 Å². The number of methoxy groups -OCH3 is 1. The number of nitrogens with one attached hydrogen (secondary N) is 2. The monoisotopic (exact) mass is 262 g/mol. The number of rotatable bonds is 4. The zero-order valence-corrected chi connectivity index (χ0v) is 11.8. The van der Waals surface area contributed by atoms with E-state index in [2.05, 4.69) is 10.6 Å². The Morgan fingerprint density at radius 1 is 1.42 bits per heavy atom. The molecule has 19 heavy (non-hydrogen) atoms. The van der Waals surface area contributed by atoms with Gasteiger partial charge in [-0.15, -0.1) is 0 Å². The molecular formula is C15H22N2O2. The summed E-state index contributed by atoms with van der Waals surface area (Å²) >= 11 is 0. The van der Waals surface area contributed by atoms with Gasteiger partial charge in [0.2, 0.25) is 5.91 Å². The summed E-state index contributed by atoms with van der Waals surface area (Å²) < 4.78 is 5.13. The molecule has 1 amide bonds. The topological polar surface area (TPSA) is 50.4 Å². The van der Waals surface area contributed by atoms with E-state index in [9.17, 15) is 4.79 Å². The summed E-state index contributed by atoms with van der Waals surface area (Å²) in [5.41, 5.74) is 0.663. The summed E-state index contributed by atoms with van der Waals surface area (Å²) in [5.74, 6) is 0.903. The Bertz CT molecular complexity index is 436. The number of amides is 1. The highest BCUT2D eigenvalue weighted by Crippen LogP contribution is 2.22. The molecule has 2 atom stereocenters. The van der Waals surface area contributed by atoms with E-state index < -0.39 is 5.54 Å². The van der Waals surface area contributed by atoms with Crippen molar-refractivity contribution in [1.29, 1.82) is 0 Å². The van der Waals surface area contributed by atoms with E-state index >= 15 is 0 Å². The third kappa shape index (κ3) is 3.07. The van der Waals surface area contributed by atoms with Crippen molar-refractivity contribution in [2.45, 2.75) is 38.3 Å². The van der Waals surface area contributed by atoms with Crippen LogP contribution in [0.15, 0.2) is 24.3 Å². The van der Waals surface area contributed by atoms with Crippen molar-refractivity contribution in [2.24, 2.45) is 0 Å². The lowest BCUT2D eigenvalue weighted by Gasteiger charge is -2.26. The fourth-order valence-corrected chi connectivity index (χ4v) is 2.42. The Morgan fingerprint density at radius 3 is 2.63 bits per heavy atom. The molecule has 2 N–H and O–H groups in total. The molecular weight excluding hydrogens is 240 g/mol. The van der Waals surface area contributed by atoms with Crippen LogP contribution in [-0.2, 0) is 4.79 Å². The summed E-state index contributed by atoms with van der Waals surface area (Å²) in [7, 11) is 1.65. The Morgan fingerprint density at radius 2 is 2.11 bits per heavy atom. The SMILES string of the molecule is COc1ccc([C@H](C)NC(=O)C2(C)CCCN2)cc1. The van der Waals surface area contributed by atoms with Gasteiger partial charge in [-0.25, -0.2) is 0 Å². The van der Waals surface area contributed by atoms with Crippen LogP contribution in [0.4, 0.5) is 0 Å². The van der Waals surface area contributed by atoms with Crippen molar-refractivity contribution in [1.82, 2.24) is 10.6 Å². The third-order valence-corrected chi connectivity index (χ3v) is 3.83. The maximum absolute atomic E-state index is 12.3. The van der Waals surface area contributed by atoms with Crippen LogP contribution in [0.2, 0.25) is 0 Å². The van der Waals surface area contributed by atoms with Crippen LogP contribution < -0.4 is 15.4 Å². The molecule has 0 radical (unpaired) electrons. The highest BCUT2D eigenvalue weighted by molar-refractivity contribution is 5.86. The number of carbonyl (C=O) groups excluding carboxylic acids is 1. The van der Waals surface area contributed by atoms with Gasteiger partial charge in [0, 0.05) is 0 Å². The number of hydrogen-bond acceptors (Lipinski definition) is 3.